The van der Waals surface area contributed by atoms with Gasteiger partial charge in [-0.25, -0.2) is 9.97 Å². The summed E-state index contributed by atoms with van der Waals surface area (Å²) in [5.41, 5.74) is 8.68. The number of rotatable bonds is 4. The van der Waals surface area contributed by atoms with Crippen molar-refractivity contribution in [3.05, 3.63) is 12.4 Å². The van der Waals surface area contributed by atoms with Crippen LogP contribution in [0.1, 0.15) is 0 Å². The largest absolute Gasteiger partial charge is 0.384 e. The predicted octanol–water partition coefficient (Wildman–Crippen LogP) is 0.497. The van der Waals surface area contributed by atoms with E-state index in [0.29, 0.717) is 19.0 Å². The van der Waals surface area contributed by atoms with Gasteiger partial charge in [0.25, 0.3) is 0 Å². The van der Waals surface area contributed by atoms with Crippen molar-refractivity contribution < 1.29 is 9.47 Å². The van der Waals surface area contributed by atoms with E-state index < -0.39 is 0 Å². The fourth-order valence-electron chi connectivity index (χ4n) is 2.44. The second-order valence-electron chi connectivity index (χ2n) is 4.77. The first-order chi connectivity index (χ1) is 9.79. The number of pyridine rings is 1. The maximum absolute atomic E-state index is 5.95. The lowest BCUT2D eigenvalue weighted by atomic mass is 10.3. The third-order valence-corrected chi connectivity index (χ3v) is 3.46. The van der Waals surface area contributed by atoms with Crippen molar-refractivity contribution in [2.24, 2.45) is 0 Å². The Labute approximate surface area is 117 Å². The van der Waals surface area contributed by atoms with Crippen molar-refractivity contribution in [3.8, 4) is 0 Å². The SMILES string of the molecule is COCCn1cnc2c(N3CCOCC3)cc(N)nc21. The molecule has 20 heavy (non-hydrogen) atoms. The number of aromatic nitrogens is 3. The molecule has 1 saturated heterocycles. The second kappa shape index (κ2) is 5.64. The lowest BCUT2D eigenvalue weighted by Crippen LogP contribution is -2.36. The highest BCUT2D eigenvalue weighted by Gasteiger charge is 2.18. The van der Waals surface area contributed by atoms with Gasteiger partial charge >= 0.3 is 0 Å². The summed E-state index contributed by atoms with van der Waals surface area (Å²) < 4.78 is 12.5. The topological polar surface area (TPSA) is 78.4 Å². The molecule has 3 rings (SSSR count). The molecule has 0 saturated carbocycles. The number of nitrogens with zero attached hydrogens (tertiary/aromatic N) is 4. The highest BCUT2D eigenvalue weighted by Crippen LogP contribution is 2.27. The fourth-order valence-corrected chi connectivity index (χ4v) is 2.44. The van der Waals surface area contributed by atoms with Crippen LogP contribution in [-0.4, -0.2) is 54.6 Å². The van der Waals surface area contributed by atoms with Gasteiger partial charge < -0.3 is 24.7 Å². The summed E-state index contributed by atoms with van der Waals surface area (Å²) in [5, 5.41) is 0. The number of hydrogen-bond acceptors (Lipinski definition) is 6. The van der Waals surface area contributed by atoms with E-state index >= 15 is 0 Å². The molecule has 3 heterocycles. The molecule has 2 aromatic heterocycles. The summed E-state index contributed by atoms with van der Waals surface area (Å²) in [6.45, 7) is 4.50. The summed E-state index contributed by atoms with van der Waals surface area (Å²) >= 11 is 0. The Hall–Kier alpha value is -1.86. The molecule has 0 radical (unpaired) electrons. The van der Waals surface area contributed by atoms with Crippen LogP contribution in [0.5, 0.6) is 0 Å². The smallest absolute Gasteiger partial charge is 0.164 e. The quantitative estimate of drug-likeness (QED) is 0.876. The van der Waals surface area contributed by atoms with Gasteiger partial charge in [0.1, 0.15) is 11.3 Å². The minimum atomic E-state index is 0.512. The average molecular weight is 277 g/mol. The van der Waals surface area contributed by atoms with Crippen LogP contribution in [0.3, 0.4) is 0 Å². The molecule has 1 aliphatic heterocycles. The van der Waals surface area contributed by atoms with Gasteiger partial charge in [0.2, 0.25) is 0 Å². The molecule has 2 N–H and O–H groups in total. The van der Waals surface area contributed by atoms with E-state index in [9.17, 15) is 0 Å². The highest BCUT2D eigenvalue weighted by atomic mass is 16.5. The predicted molar refractivity (Wildman–Crippen MR) is 76.8 cm³/mol. The number of nitrogens with two attached hydrogens (primary N) is 1. The van der Waals surface area contributed by atoms with Crippen LogP contribution in [0.2, 0.25) is 0 Å². The number of imidazole rings is 1. The third kappa shape index (κ3) is 2.41. The molecule has 0 atom stereocenters. The van der Waals surface area contributed by atoms with E-state index in [2.05, 4.69) is 14.9 Å². The molecule has 108 valence electrons. The van der Waals surface area contributed by atoms with E-state index in [1.807, 2.05) is 10.6 Å². The molecule has 0 aromatic carbocycles. The first-order valence-corrected chi connectivity index (χ1v) is 6.72. The van der Waals surface area contributed by atoms with E-state index in [4.69, 9.17) is 15.2 Å². The van der Waals surface area contributed by atoms with Gasteiger partial charge in [0.05, 0.1) is 31.8 Å². The van der Waals surface area contributed by atoms with E-state index in [1.165, 1.54) is 0 Å². The van der Waals surface area contributed by atoms with Gasteiger partial charge in [0, 0.05) is 32.8 Å². The van der Waals surface area contributed by atoms with Gasteiger partial charge in [-0.1, -0.05) is 0 Å². The maximum Gasteiger partial charge on any atom is 0.164 e. The highest BCUT2D eigenvalue weighted by molar-refractivity contribution is 5.88. The second-order valence-corrected chi connectivity index (χ2v) is 4.77. The van der Waals surface area contributed by atoms with Crippen LogP contribution in [-0.2, 0) is 16.0 Å². The van der Waals surface area contributed by atoms with Crippen molar-refractivity contribution in [2.45, 2.75) is 6.54 Å². The van der Waals surface area contributed by atoms with Crippen molar-refractivity contribution in [3.63, 3.8) is 0 Å². The molecule has 1 fully saturated rings. The number of ether oxygens (including phenoxy) is 2. The van der Waals surface area contributed by atoms with Gasteiger partial charge in [0.15, 0.2) is 5.65 Å². The number of hydrogen-bond donors (Lipinski definition) is 1. The molecule has 0 aliphatic carbocycles. The Bertz CT molecular complexity index is 592. The molecule has 0 spiro atoms. The number of methoxy groups -OCH3 is 1. The Kier molecular flexibility index (Phi) is 3.70. The molecular weight excluding hydrogens is 258 g/mol. The van der Waals surface area contributed by atoms with Gasteiger partial charge in [-0.2, -0.15) is 0 Å². The molecule has 7 heteroatoms. The zero-order valence-corrected chi connectivity index (χ0v) is 11.6. The van der Waals surface area contributed by atoms with Crippen LogP contribution in [0.4, 0.5) is 11.5 Å². The summed E-state index contributed by atoms with van der Waals surface area (Å²) in [6.07, 6.45) is 1.79. The molecule has 0 bridgehead atoms. The molecular formula is C13H19N5O2. The summed E-state index contributed by atoms with van der Waals surface area (Å²) in [7, 11) is 1.68. The van der Waals surface area contributed by atoms with E-state index in [1.54, 1.807) is 13.4 Å². The summed E-state index contributed by atoms with van der Waals surface area (Å²) in [6, 6.07) is 1.89. The Morgan fingerprint density at radius 1 is 1.40 bits per heavy atom. The molecule has 0 unspecified atom stereocenters. The Morgan fingerprint density at radius 3 is 2.95 bits per heavy atom. The lowest BCUT2D eigenvalue weighted by Gasteiger charge is -2.29. The first-order valence-electron chi connectivity index (χ1n) is 6.72. The zero-order chi connectivity index (χ0) is 13.9. The van der Waals surface area contributed by atoms with Crippen LogP contribution < -0.4 is 10.6 Å². The van der Waals surface area contributed by atoms with Gasteiger partial charge in [-0.3, -0.25) is 0 Å². The van der Waals surface area contributed by atoms with E-state index in [0.717, 1.165) is 43.2 Å². The number of anilines is 2. The first kappa shape index (κ1) is 13.1. The number of morpholine rings is 1. The van der Waals surface area contributed by atoms with E-state index in [-0.39, 0.29) is 0 Å². The molecule has 2 aromatic rings. The third-order valence-electron chi connectivity index (χ3n) is 3.46. The monoisotopic (exact) mass is 277 g/mol. The fraction of sp³-hybridized carbons (Fsp3) is 0.538. The van der Waals surface area contributed by atoms with Gasteiger partial charge in [-0.05, 0) is 0 Å². The average Bonchev–Trinajstić information content (AvgIpc) is 2.88. The minimum absolute atomic E-state index is 0.512. The standard InChI is InChI=1S/C13H19N5O2/c1-19-5-2-18-9-15-12-10(8-11(14)16-13(12)18)17-3-6-20-7-4-17/h8-9H,2-7H2,1H3,(H2,14,16). The number of fused-ring (bicyclic) bond motifs is 1. The normalized spacial score (nSPS) is 15.9. The molecule has 7 nitrogen and oxygen atoms in total. The van der Waals surface area contributed by atoms with Crippen LogP contribution in [0, 0.1) is 0 Å². The minimum Gasteiger partial charge on any atom is -0.384 e. The summed E-state index contributed by atoms with van der Waals surface area (Å²) in [5.74, 6) is 0.512. The zero-order valence-electron chi connectivity index (χ0n) is 11.6. The Balaban J connectivity index is 2.01. The summed E-state index contributed by atoms with van der Waals surface area (Å²) in [4.78, 5) is 11.2. The molecule has 0 amide bonds. The van der Waals surface area contributed by atoms with Crippen LogP contribution in [0.15, 0.2) is 12.4 Å². The van der Waals surface area contributed by atoms with Crippen molar-refractivity contribution in [2.75, 3.05) is 50.7 Å². The van der Waals surface area contributed by atoms with Gasteiger partial charge in [-0.15, -0.1) is 0 Å². The molecule has 1 aliphatic rings. The maximum atomic E-state index is 5.95. The Morgan fingerprint density at radius 2 is 2.20 bits per heavy atom. The van der Waals surface area contributed by atoms with Crippen LogP contribution >= 0.6 is 0 Å². The van der Waals surface area contributed by atoms with Crippen molar-refractivity contribution in [1.82, 2.24) is 14.5 Å². The van der Waals surface area contributed by atoms with Crippen LogP contribution in [0.25, 0.3) is 11.2 Å². The van der Waals surface area contributed by atoms with Crippen molar-refractivity contribution >= 4 is 22.7 Å². The van der Waals surface area contributed by atoms with Crippen molar-refractivity contribution in [1.29, 1.82) is 0 Å². The lowest BCUT2D eigenvalue weighted by molar-refractivity contribution is 0.123. The number of nitrogen functional groups attached to an aromatic ring is 1.